The lowest BCUT2D eigenvalue weighted by Crippen LogP contribution is -2.55. The highest BCUT2D eigenvalue weighted by atomic mass is 79.9. The first-order chi connectivity index (χ1) is 9.16. The lowest BCUT2D eigenvalue weighted by Gasteiger charge is -2.32. The molecule has 1 atom stereocenters. The summed E-state index contributed by atoms with van der Waals surface area (Å²) < 4.78 is 2.47. The molecule has 0 spiro atoms. The molecule has 1 fully saturated rings. The zero-order valence-corrected chi connectivity index (χ0v) is 11.5. The summed E-state index contributed by atoms with van der Waals surface area (Å²) in [7, 11) is 0. The summed E-state index contributed by atoms with van der Waals surface area (Å²) in [6, 6.07) is 3.09. The molecule has 0 bridgehead atoms. The van der Waals surface area contributed by atoms with Gasteiger partial charge >= 0.3 is 5.97 Å². The van der Waals surface area contributed by atoms with E-state index in [-0.39, 0.29) is 0 Å². The van der Waals surface area contributed by atoms with Crippen molar-refractivity contribution in [2.45, 2.75) is 6.04 Å². The van der Waals surface area contributed by atoms with Crippen molar-refractivity contribution in [3.05, 3.63) is 22.8 Å². The van der Waals surface area contributed by atoms with Gasteiger partial charge in [-0.25, -0.2) is 9.31 Å². The van der Waals surface area contributed by atoms with Crippen molar-refractivity contribution in [2.24, 2.45) is 0 Å². The van der Waals surface area contributed by atoms with Gasteiger partial charge < -0.3 is 15.3 Å². The number of halogens is 1. The maximum atomic E-state index is 11.3. The van der Waals surface area contributed by atoms with E-state index in [1.54, 1.807) is 15.6 Å². The predicted octanol–water partition coefficient (Wildman–Crippen LogP) is 0.355. The van der Waals surface area contributed by atoms with Crippen molar-refractivity contribution in [3.8, 4) is 0 Å². The van der Waals surface area contributed by atoms with Crippen LogP contribution in [0, 0.1) is 0 Å². The van der Waals surface area contributed by atoms with Crippen molar-refractivity contribution in [2.75, 3.05) is 24.5 Å². The Bertz CT molecular complexity index is 629. The van der Waals surface area contributed by atoms with Crippen LogP contribution >= 0.6 is 15.9 Å². The molecule has 0 radical (unpaired) electrons. The molecule has 7 nitrogen and oxygen atoms in total. The smallest absolute Gasteiger partial charge is 0.327 e. The van der Waals surface area contributed by atoms with Crippen molar-refractivity contribution in [3.63, 3.8) is 0 Å². The third kappa shape index (κ3) is 2.17. The van der Waals surface area contributed by atoms with Crippen molar-refractivity contribution in [1.82, 2.24) is 19.9 Å². The van der Waals surface area contributed by atoms with Gasteiger partial charge in [0.2, 0.25) is 5.95 Å². The van der Waals surface area contributed by atoms with Crippen molar-refractivity contribution in [1.29, 1.82) is 0 Å². The third-order valence-corrected chi connectivity index (χ3v) is 3.71. The molecular formula is C11H12BrN5O2. The lowest BCUT2D eigenvalue weighted by molar-refractivity contribution is -0.138. The van der Waals surface area contributed by atoms with Crippen LogP contribution in [0.25, 0.3) is 5.65 Å². The Kier molecular flexibility index (Phi) is 3.11. The fourth-order valence-corrected chi connectivity index (χ4v) is 2.57. The Morgan fingerprint density at radius 3 is 3.16 bits per heavy atom. The molecule has 2 aromatic heterocycles. The Morgan fingerprint density at radius 1 is 1.58 bits per heavy atom. The second kappa shape index (κ2) is 4.78. The average Bonchev–Trinajstić information content (AvgIpc) is 2.84. The lowest BCUT2D eigenvalue weighted by atomic mass is 10.2. The fourth-order valence-electron chi connectivity index (χ4n) is 2.15. The number of fused-ring (bicyclic) bond motifs is 1. The third-order valence-electron chi connectivity index (χ3n) is 3.09. The van der Waals surface area contributed by atoms with Crippen LogP contribution in [0.4, 0.5) is 5.95 Å². The van der Waals surface area contributed by atoms with Crippen LogP contribution in [0.5, 0.6) is 0 Å². The first kappa shape index (κ1) is 12.4. The first-order valence-electron chi connectivity index (χ1n) is 5.88. The molecule has 8 heteroatoms. The van der Waals surface area contributed by atoms with Crippen LogP contribution in [0.2, 0.25) is 0 Å². The number of piperazine rings is 1. The van der Waals surface area contributed by atoms with Gasteiger partial charge in [-0.2, -0.15) is 4.98 Å². The van der Waals surface area contributed by atoms with E-state index in [1.807, 2.05) is 12.1 Å². The Hall–Kier alpha value is -1.67. The summed E-state index contributed by atoms with van der Waals surface area (Å²) in [6.07, 6.45) is 1.79. The molecule has 3 rings (SSSR count). The Balaban J connectivity index is 2.02. The van der Waals surface area contributed by atoms with Gasteiger partial charge in [0.15, 0.2) is 5.65 Å². The summed E-state index contributed by atoms with van der Waals surface area (Å²) in [4.78, 5) is 17.4. The van der Waals surface area contributed by atoms with Gasteiger partial charge in [0.1, 0.15) is 6.04 Å². The molecule has 2 N–H and O–H groups in total. The first-order valence-corrected chi connectivity index (χ1v) is 6.67. The van der Waals surface area contributed by atoms with Gasteiger partial charge in [0, 0.05) is 25.8 Å². The number of aromatic nitrogens is 3. The monoisotopic (exact) mass is 325 g/mol. The number of hydrogen-bond donors (Lipinski definition) is 2. The molecule has 0 aromatic carbocycles. The maximum Gasteiger partial charge on any atom is 0.327 e. The maximum absolute atomic E-state index is 11.3. The fraction of sp³-hybridized carbons (Fsp3) is 0.364. The number of carboxylic acid groups (broad SMARTS) is 1. The van der Waals surface area contributed by atoms with Gasteiger partial charge in [0.25, 0.3) is 0 Å². The predicted molar refractivity (Wildman–Crippen MR) is 72.3 cm³/mol. The van der Waals surface area contributed by atoms with E-state index in [1.165, 1.54) is 0 Å². The van der Waals surface area contributed by atoms with Crippen LogP contribution < -0.4 is 10.2 Å². The van der Waals surface area contributed by atoms with E-state index in [9.17, 15) is 9.90 Å². The number of carbonyl (C=O) groups is 1. The molecule has 1 aliphatic rings. The minimum Gasteiger partial charge on any atom is -0.480 e. The number of pyridine rings is 1. The minimum absolute atomic E-state index is 0.395. The highest BCUT2D eigenvalue weighted by Gasteiger charge is 2.31. The second-order valence-electron chi connectivity index (χ2n) is 4.29. The van der Waals surface area contributed by atoms with Gasteiger partial charge in [-0.15, -0.1) is 5.10 Å². The minimum atomic E-state index is -0.870. The van der Waals surface area contributed by atoms with Crippen LogP contribution in [0.3, 0.4) is 0 Å². The number of anilines is 1. The Labute approximate surface area is 117 Å². The van der Waals surface area contributed by atoms with Crippen LogP contribution in [0.1, 0.15) is 0 Å². The zero-order chi connectivity index (χ0) is 13.4. The van der Waals surface area contributed by atoms with E-state index >= 15 is 0 Å². The van der Waals surface area contributed by atoms with Gasteiger partial charge in [-0.05, 0) is 28.1 Å². The van der Waals surface area contributed by atoms with Gasteiger partial charge in [-0.3, -0.25) is 0 Å². The van der Waals surface area contributed by atoms with E-state index in [0.717, 1.165) is 11.0 Å². The Morgan fingerprint density at radius 2 is 2.42 bits per heavy atom. The van der Waals surface area contributed by atoms with Crippen LogP contribution in [-0.2, 0) is 4.79 Å². The quantitative estimate of drug-likeness (QED) is 0.829. The largest absolute Gasteiger partial charge is 0.480 e. The molecule has 2 aromatic rings. The van der Waals surface area contributed by atoms with Crippen LogP contribution in [0.15, 0.2) is 22.8 Å². The molecule has 19 heavy (non-hydrogen) atoms. The summed E-state index contributed by atoms with van der Waals surface area (Å²) in [6.45, 7) is 1.69. The number of hydrogen-bond acceptors (Lipinski definition) is 5. The zero-order valence-electron chi connectivity index (χ0n) is 9.95. The number of nitrogens with zero attached hydrogens (tertiary/aromatic N) is 4. The highest BCUT2D eigenvalue weighted by molar-refractivity contribution is 9.10. The molecule has 3 heterocycles. The van der Waals surface area contributed by atoms with Crippen molar-refractivity contribution < 1.29 is 9.90 Å². The van der Waals surface area contributed by atoms with E-state index in [2.05, 4.69) is 31.3 Å². The standard InChI is InChI=1S/C11H12BrN5O2/c12-7-2-1-4-17-9(7)14-11(15-17)16-5-3-13-6-8(16)10(18)19/h1-2,4,8,13H,3,5-6H2,(H,18,19). The van der Waals surface area contributed by atoms with E-state index in [0.29, 0.717) is 24.7 Å². The number of aliphatic carboxylic acids is 1. The second-order valence-corrected chi connectivity index (χ2v) is 5.14. The topological polar surface area (TPSA) is 82.8 Å². The molecule has 1 aliphatic heterocycles. The summed E-state index contributed by atoms with van der Waals surface area (Å²) >= 11 is 3.41. The summed E-state index contributed by atoms with van der Waals surface area (Å²) in [5.41, 5.74) is 0.681. The van der Waals surface area contributed by atoms with Crippen molar-refractivity contribution >= 4 is 33.5 Å². The molecule has 1 unspecified atom stereocenters. The summed E-state index contributed by atoms with van der Waals surface area (Å²) in [5, 5.41) is 16.7. The van der Waals surface area contributed by atoms with Gasteiger partial charge in [0.05, 0.1) is 4.47 Å². The van der Waals surface area contributed by atoms with Crippen LogP contribution in [-0.4, -0.2) is 51.4 Å². The number of nitrogens with one attached hydrogen (secondary N) is 1. The molecule has 0 saturated carbocycles. The summed E-state index contributed by atoms with van der Waals surface area (Å²) in [5.74, 6) is -0.425. The van der Waals surface area contributed by atoms with Gasteiger partial charge in [-0.1, -0.05) is 0 Å². The molecule has 0 amide bonds. The number of rotatable bonds is 2. The number of carboxylic acids is 1. The average molecular weight is 326 g/mol. The highest BCUT2D eigenvalue weighted by Crippen LogP contribution is 2.20. The SMILES string of the molecule is O=C(O)C1CNCCN1c1nc2c(Br)cccn2n1. The molecule has 0 aliphatic carbocycles. The molecule has 1 saturated heterocycles. The van der Waals surface area contributed by atoms with E-state index < -0.39 is 12.0 Å². The normalized spacial score (nSPS) is 19.8. The molecular weight excluding hydrogens is 314 g/mol. The van der Waals surface area contributed by atoms with E-state index in [4.69, 9.17) is 0 Å². The molecule has 100 valence electrons.